The molecule has 0 atom stereocenters. The molecule has 1 aliphatic heterocycles. The summed E-state index contributed by atoms with van der Waals surface area (Å²) in [5, 5.41) is 0.609. The number of aromatic nitrogens is 2. The Labute approximate surface area is 146 Å². The Bertz CT molecular complexity index is 818. The number of amides is 1. The van der Waals surface area contributed by atoms with E-state index in [1.54, 1.807) is 6.07 Å². The number of para-hydroxylation sites is 1. The van der Waals surface area contributed by atoms with Crippen molar-refractivity contribution in [1.82, 2.24) is 14.9 Å². The van der Waals surface area contributed by atoms with Crippen molar-refractivity contribution in [3.05, 3.63) is 34.6 Å². The third-order valence-corrected chi connectivity index (χ3v) is 5.45. The van der Waals surface area contributed by atoms with Gasteiger partial charge in [0.1, 0.15) is 0 Å². The fraction of sp³-hybridized carbons (Fsp3) is 0.526. The van der Waals surface area contributed by atoms with Gasteiger partial charge in [-0.2, -0.15) is 0 Å². The lowest BCUT2D eigenvalue weighted by molar-refractivity contribution is -0.136. The Morgan fingerprint density at radius 3 is 2.52 bits per heavy atom. The van der Waals surface area contributed by atoms with Crippen LogP contribution in [-0.2, 0) is 4.79 Å². The zero-order valence-electron chi connectivity index (χ0n) is 14.4. The third kappa shape index (κ3) is 3.25. The van der Waals surface area contributed by atoms with Crippen molar-refractivity contribution in [2.45, 2.75) is 32.1 Å². The van der Waals surface area contributed by atoms with Crippen LogP contribution in [0.15, 0.2) is 29.1 Å². The van der Waals surface area contributed by atoms with Crippen molar-refractivity contribution in [2.24, 2.45) is 5.92 Å². The van der Waals surface area contributed by atoms with E-state index < -0.39 is 0 Å². The highest BCUT2D eigenvalue weighted by atomic mass is 16.2. The van der Waals surface area contributed by atoms with Crippen LogP contribution >= 0.6 is 0 Å². The molecule has 0 radical (unpaired) electrons. The fourth-order valence-electron chi connectivity index (χ4n) is 3.97. The summed E-state index contributed by atoms with van der Waals surface area (Å²) in [6.07, 6.45) is 5.70. The molecule has 6 nitrogen and oxygen atoms in total. The molecule has 6 heteroatoms. The molecule has 1 N–H and O–H groups in total. The molecule has 2 fully saturated rings. The summed E-state index contributed by atoms with van der Waals surface area (Å²) in [6.45, 7) is 2.82. The summed E-state index contributed by atoms with van der Waals surface area (Å²) in [7, 11) is 0. The number of benzene rings is 1. The van der Waals surface area contributed by atoms with Gasteiger partial charge in [-0.05, 0) is 25.0 Å². The zero-order valence-corrected chi connectivity index (χ0v) is 14.4. The first-order valence-corrected chi connectivity index (χ1v) is 9.25. The molecular formula is C19H24N4O2. The van der Waals surface area contributed by atoms with Crippen molar-refractivity contribution in [1.29, 1.82) is 0 Å². The van der Waals surface area contributed by atoms with E-state index in [-0.39, 0.29) is 11.5 Å². The summed E-state index contributed by atoms with van der Waals surface area (Å²) in [6, 6.07) is 7.37. The molecule has 25 heavy (non-hydrogen) atoms. The number of anilines is 1. The predicted molar refractivity (Wildman–Crippen MR) is 97.7 cm³/mol. The third-order valence-electron chi connectivity index (χ3n) is 5.45. The van der Waals surface area contributed by atoms with E-state index in [4.69, 9.17) is 0 Å². The maximum atomic E-state index is 12.7. The van der Waals surface area contributed by atoms with Gasteiger partial charge in [0.25, 0.3) is 5.56 Å². The van der Waals surface area contributed by atoms with E-state index in [0.29, 0.717) is 48.9 Å². The minimum Gasteiger partial charge on any atom is -0.339 e. The average molecular weight is 340 g/mol. The largest absolute Gasteiger partial charge is 0.339 e. The second-order valence-corrected chi connectivity index (χ2v) is 7.05. The van der Waals surface area contributed by atoms with Gasteiger partial charge in [-0.1, -0.05) is 31.4 Å². The summed E-state index contributed by atoms with van der Waals surface area (Å²) in [5.74, 6) is 1.15. The van der Waals surface area contributed by atoms with Gasteiger partial charge in [-0.25, -0.2) is 4.98 Å². The molecule has 4 rings (SSSR count). The van der Waals surface area contributed by atoms with E-state index in [9.17, 15) is 9.59 Å². The van der Waals surface area contributed by atoms with E-state index >= 15 is 0 Å². The molecule has 2 aliphatic rings. The van der Waals surface area contributed by atoms with Crippen LogP contribution in [0.5, 0.6) is 0 Å². The number of aromatic amines is 1. The summed E-state index contributed by atoms with van der Waals surface area (Å²) in [4.78, 5) is 36.4. The van der Waals surface area contributed by atoms with E-state index in [1.807, 2.05) is 23.1 Å². The SMILES string of the molecule is O=C(C1CCCCC1)N1CCN(c2nc3ccccc3c(=O)[nH]2)CC1. The number of hydrogen-bond acceptors (Lipinski definition) is 4. The van der Waals surface area contributed by atoms with Crippen LogP contribution in [0.2, 0.25) is 0 Å². The van der Waals surface area contributed by atoms with Gasteiger partial charge in [-0.3, -0.25) is 14.6 Å². The average Bonchev–Trinajstić information content (AvgIpc) is 2.68. The Morgan fingerprint density at radius 2 is 1.76 bits per heavy atom. The highest BCUT2D eigenvalue weighted by Crippen LogP contribution is 2.26. The second-order valence-electron chi connectivity index (χ2n) is 7.05. The molecule has 1 saturated carbocycles. The van der Waals surface area contributed by atoms with Crippen LogP contribution in [0.3, 0.4) is 0 Å². The number of carbonyl (C=O) groups excluding carboxylic acids is 1. The van der Waals surface area contributed by atoms with Crippen molar-refractivity contribution >= 4 is 22.8 Å². The number of hydrogen-bond donors (Lipinski definition) is 1. The molecule has 132 valence electrons. The van der Waals surface area contributed by atoms with E-state index in [0.717, 1.165) is 12.8 Å². The topological polar surface area (TPSA) is 69.3 Å². The number of nitrogens with zero attached hydrogens (tertiary/aromatic N) is 3. The summed E-state index contributed by atoms with van der Waals surface area (Å²) in [5.41, 5.74) is 0.600. The van der Waals surface area contributed by atoms with Gasteiger partial charge in [0, 0.05) is 32.1 Å². The first-order valence-electron chi connectivity index (χ1n) is 9.25. The van der Waals surface area contributed by atoms with Gasteiger partial charge in [-0.15, -0.1) is 0 Å². The highest BCUT2D eigenvalue weighted by molar-refractivity contribution is 5.80. The lowest BCUT2D eigenvalue weighted by atomic mass is 9.88. The lowest BCUT2D eigenvalue weighted by Crippen LogP contribution is -2.51. The number of piperazine rings is 1. The van der Waals surface area contributed by atoms with Crippen LogP contribution in [0.4, 0.5) is 5.95 Å². The van der Waals surface area contributed by atoms with Crippen molar-refractivity contribution in [3.63, 3.8) is 0 Å². The molecule has 0 bridgehead atoms. The zero-order chi connectivity index (χ0) is 17.2. The van der Waals surface area contributed by atoms with E-state index in [2.05, 4.69) is 14.9 Å². The van der Waals surface area contributed by atoms with Crippen molar-refractivity contribution in [2.75, 3.05) is 31.1 Å². The van der Waals surface area contributed by atoms with Gasteiger partial charge in [0.05, 0.1) is 10.9 Å². The molecule has 1 aliphatic carbocycles. The maximum absolute atomic E-state index is 12.7. The van der Waals surface area contributed by atoms with Crippen LogP contribution in [0, 0.1) is 5.92 Å². The number of H-pyrrole nitrogens is 1. The Hall–Kier alpha value is -2.37. The Balaban J connectivity index is 1.45. The van der Waals surface area contributed by atoms with Crippen LogP contribution < -0.4 is 10.5 Å². The first-order chi connectivity index (χ1) is 12.2. The molecule has 1 aromatic heterocycles. The quantitative estimate of drug-likeness (QED) is 0.909. The number of fused-ring (bicyclic) bond motifs is 1. The van der Waals surface area contributed by atoms with Gasteiger partial charge in [0.15, 0.2) is 0 Å². The van der Waals surface area contributed by atoms with Crippen molar-refractivity contribution in [3.8, 4) is 0 Å². The smallest absolute Gasteiger partial charge is 0.260 e. The molecule has 0 spiro atoms. The predicted octanol–water partition coefficient (Wildman–Crippen LogP) is 2.15. The van der Waals surface area contributed by atoms with Crippen molar-refractivity contribution < 1.29 is 4.79 Å². The minimum atomic E-state index is -0.110. The Kier molecular flexibility index (Phi) is 4.42. The van der Waals surface area contributed by atoms with Crippen LogP contribution in [0.25, 0.3) is 10.9 Å². The molecule has 1 aromatic carbocycles. The van der Waals surface area contributed by atoms with Crippen LogP contribution in [-0.4, -0.2) is 47.0 Å². The monoisotopic (exact) mass is 340 g/mol. The normalized spacial score (nSPS) is 19.4. The summed E-state index contributed by atoms with van der Waals surface area (Å²) < 4.78 is 0. The molecule has 1 saturated heterocycles. The first kappa shape index (κ1) is 16.1. The molecular weight excluding hydrogens is 316 g/mol. The minimum absolute atomic E-state index is 0.110. The lowest BCUT2D eigenvalue weighted by Gasteiger charge is -2.37. The maximum Gasteiger partial charge on any atom is 0.260 e. The van der Waals surface area contributed by atoms with Gasteiger partial charge < -0.3 is 9.80 Å². The number of rotatable bonds is 2. The Morgan fingerprint density at radius 1 is 1.04 bits per heavy atom. The van der Waals surface area contributed by atoms with Crippen LogP contribution in [0.1, 0.15) is 32.1 Å². The molecule has 0 unspecified atom stereocenters. The number of nitrogens with one attached hydrogen (secondary N) is 1. The molecule has 1 amide bonds. The molecule has 2 heterocycles. The number of carbonyl (C=O) groups is 1. The standard InChI is InChI=1S/C19H24N4O2/c24-17-15-8-4-5-9-16(15)20-19(21-17)23-12-10-22(11-13-23)18(25)14-6-2-1-3-7-14/h4-5,8-9,14H,1-3,6-7,10-13H2,(H,20,21,24). The molecule has 2 aromatic rings. The second kappa shape index (κ2) is 6.86. The van der Waals surface area contributed by atoms with Gasteiger partial charge >= 0.3 is 0 Å². The fourth-order valence-corrected chi connectivity index (χ4v) is 3.97. The summed E-state index contributed by atoms with van der Waals surface area (Å²) >= 11 is 0. The van der Waals surface area contributed by atoms with Gasteiger partial charge in [0.2, 0.25) is 11.9 Å². The van der Waals surface area contributed by atoms with E-state index in [1.165, 1.54) is 19.3 Å². The highest BCUT2D eigenvalue weighted by Gasteiger charge is 2.29.